The Hall–Kier alpha value is -1.64. The number of aliphatic hydroxyl groups excluding tert-OH is 2. The molecule has 28 heavy (non-hydrogen) atoms. The molecule has 0 aromatic rings. The van der Waals surface area contributed by atoms with Crippen molar-refractivity contribution in [3.8, 4) is 11.8 Å². The summed E-state index contributed by atoms with van der Waals surface area (Å²) < 4.78 is 4.61. The maximum atomic E-state index is 12.4. The SMILES string of the molecule is COC(=O)CCCC(=O)C1=CC2C[C@@H](O)[C@H](C#C[C@@H](O)C3CCCCC3)C2C1. The molecule has 3 aliphatic rings. The molecule has 0 bridgehead atoms. The Morgan fingerprint density at radius 2 is 2.00 bits per heavy atom. The van der Waals surface area contributed by atoms with Crippen LogP contribution in [0.15, 0.2) is 11.6 Å². The van der Waals surface area contributed by atoms with Crippen molar-refractivity contribution < 1.29 is 24.5 Å². The highest BCUT2D eigenvalue weighted by atomic mass is 16.5. The Morgan fingerprint density at radius 1 is 1.25 bits per heavy atom. The molecule has 154 valence electrons. The van der Waals surface area contributed by atoms with Crippen molar-refractivity contribution in [1.82, 2.24) is 0 Å². The van der Waals surface area contributed by atoms with Gasteiger partial charge in [0.25, 0.3) is 0 Å². The van der Waals surface area contributed by atoms with Crippen molar-refractivity contribution in [2.45, 2.75) is 76.4 Å². The first kappa shape index (κ1) is 21.1. The first-order chi connectivity index (χ1) is 13.5. The second-order valence-corrected chi connectivity index (χ2v) is 8.54. The van der Waals surface area contributed by atoms with E-state index >= 15 is 0 Å². The number of hydrogen-bond acceptors (Lipinski definition) is 5. The predicted octanol–water partition coefficient (Wildman–Crippen LogP) is 2.79. The Balaban J connectivity index is 1.54. The van der Waals surface area contributed by atoms with Gasteiger partial charge in [-0.05, 0) is 55.4 Å². The Kier molecular flexibility index (Phi) is 7.31. The predicted molar refractivity (Wildman–Crippen MR) is 105 cm³/mol. The summed E-state index contributed by atoms with van der Waals surface area (Å²) in [6.45, 7) is 0. The number of fused-ring (bicyclic) bond motifs is 1. The molecular formula is C23H32O5. The number of ether oxygens (including phenoxy) is 1. The molecule has 3 rings (SSSR count). The molecule has 5 nitrogen and oxygen atoms in total. The lowest BCUT2D eigenvalue weighted by Gasteiger charge is -2.23. The number of carbonyl (C=O) groups is 2. The number of methoxy groups -OCH3 is 1. The standard InChI is InChI=1S/C23H32O5/c1-28-23(27)9-5-8-20(24)17-12-16-14-22(26)18(19(16)13-17)10-11-21(25)15-6-3-2-4-7-15/h12,15-16,18-19,21-22,25-26H,2-9,13-14H2,1H3/t16?,18-,19?,21-,22-/m1/s1. The number of hydrogen-bond donors (Lipinski definition) is 2. The summed E-state index contributed by atoms with van der Waals surface area (Å²) in [6.07, 6.45) is 8.88. The van der Waals surface area contributed by atoms with Gasteiger partial charge >= 0.3 is 5.97 Å². The van der Waals surface area contributed by atoms with E-state index in [-0.39, 0.29) is 41.8 Å². The molecule has 0 aromatic carbocycles. The van der Waals surface area contributed by atoms with E-state index in [1.165, 1.54) is 13.5 Å². The molecule has 0 amide bonds. The van der Waals surface area contributed by atoms with Crippen molar-refractivity contribution >= 4 is 11.8 Å². The van der Waals surface area contributed by atoms with Crippen molar-refractivity contribution in [1.29, 1.82) is 0 Å². The minimum absolute atomic E-state index is 0.0849. The maximum absolute atomic E-state index is 12.4. The second kappa shape index (κ2) is 9.71. The molecule has 3 aliphatic carbocycles. The molecule has 5 atom stereocenters. The van der Waals surface area contributed by atoms with Crippen molar-refractivity contribution in [2.75, 3.05) is 7.11 Å². The fourth-order valence-electron chi connectivity index (χ4n) is 5.02. The average Bonchev–Trinajstić information content (AvgIpc) is 3.23. The molecule has 0 spiro atoms. The highest BCUT2D eigenvalue weighted by molar-refractivity contribution is 5.96. The van der Waals surface area contributed by atoms with Crippen LogP contribution in [0.2, 0.25) is 0 Å². The number of esters is 1. The monoisotopic (exact) mass is 388 g/mol. The summed E-state index contributed by atoms with van der Waals surface area (Å²) >= 11 is 0. The summed E-state index contributed by atoms with van der Waals surface area (Å²) in [5, 5.41) is 20.8. The number of Topliss-reactive ketones (excluding diaryl/α,β-unsaturated/α-hetero) is 1. The van der Waals surface area contributed by atoms with Gasteiger partial charge in [0, 0.05) is 12.8 Å². The van der Waals surface area contributed by atoms with E-state index in [1.807, 2.05) is 6.08 Å². The quantitative estimate of drug-likeness (QED) is 0.540. The van der Waals surface area contributed by atoms with Gasteiger partial charge in [0.15, 0.2) is 5.78 Å². The topological polar surface area (TPSA) is 83.8 Å². The van der Waals surface area contributed by atoms with Crippen LogP contribution < -0.4 is 0 Å². The summed E-state index contributed by atoms with van der Waals surface area (Å²) in [5.74, 6) is 6.39. The van der Waals surface area contributed by atoms with E-state index in [9.17, 15) is 19.8 Å². The van der Waals surface area contributed by atoms with Crippen LogP contribution in [0.1, 0.15) is 64.2 Å². The zero-order valence-corrected chi connectivity index (χ0v) is 16.7. The fourth-order valence-corrected chi connectivity index (χ4v) is 5.02. The first-order valence-electron chi connectivity index (χ1n) is 10.7. The van der Waals surface area contributed by atoms with Crippen LogP contribution in [-0.4, -0.2) is 41.3 Å². The molecule has 2 unspecified atom stereocenters. The third-order valence-electron chi connectivity index (χ3n) is 6.68. The van der Waals surface area contributed by atoms with Crippen LogP contribution >= 0.6 is 0 Å². The normalized spacial score (nSPS) is 30.8. The van der Waals surface area contributed by atoms with Gasteiger partial charge in [-0.3, -0.25) is 9.59 Å². The van der Waals surface area contributed by atoms with Gasteiger partial charge in [-0.25, -0.2) is 0 Å². The molecule has 2 N–H and O–H groups in total. The summed E-state index contributed by atoms with van der Waals surface area (Å²) in [6, 6.07) is 0. The van der Waals surface area contributed by atoms with Crippen LogP contribution in [0.5, 0.6) is 0 Å². The zero-order valence-electron chi connectivity index (χ0n) is 16.7. The lowest BCUT2D eigenvalue weighted by Crippen LogP contribution is -2.23. The minimum atomic E-state index is -0.611. The van der Waals surface area contributed by atoms with E-state index in [1.54, 1.807) is 0 Å². The number of allylic oxidation sites excluding steroid dienone is 2. The van der Waals surface area contributed by atoms with Crippen LogP contribution in [0.3, 0.4) is 0 Å². The molecule has 0 radical (unpaired) electrons. The highest BCUT2D eigenvalue weighted by Crippen LogP contribution is 2.47. The molecule has 5 heteroatoms. The molecule has 2 fully saturated rings. The Morgan fingerprint density at radius 3 is 2.71 bits per heavy atom. The van der Waals surface area contributed by atoms with Crippen molar-refractivity contribution in [2.24, 2.45) is 23.7 Å². The third-order valence-corrected chi connectivity index (χ3v) is 6.68. The number of carbonyl (C=O) groups excluding carboxylic acids is 2. The van der Waals surface area contributed by atoms with Gasteiger partial charge in [-0.15, -0.1) is 0 Å². The van der Waals surface area contributed by atoms with Gasteiger partial charge in [0.1, 0.15) is 6.10 Å². The number of aliphatic hydroxyl groups is 2. The molecule has 0 saturated heterocycles. The fraction of sp³-hybridized carbons (Fsp3) is 0.739. The summed E-state index contributed by atoms with van der Waals surface area (Å²) in [7, 11) is 1.35. The molecule has 0 heterocycles. The van der Waals surface area contributed by atoms with Crippen LogP contribution in [0.25, 0.3) is 0 Å². The molecule has 0 aliphatic heterocycles. The summed E-state index contributed by atoms with van der Waals surface area (Å²) in [4.78, 5) is 23.6. The number of ketones is 1. The van der Waals surface area contributed by atoms with E-state index < -0.39 is 12.2 Å². The van der Waals surface area contributed by atoms with Gasteiger partial charge < -0.3 is 14.9 Å². The van der Waals surface area contributed by atoms with E-state index in [0.717, 1.165) is 31.3 Å². The molecule has 0 aromatic heterocycles. The molecule has 2 saturated carbocycles. The average molecular weight is 389 g/mol. The lowest BCUT2D eigenvalue weighted by atomic mass is 9.84. The van der Waals surface area contributed by atoms with Gasteiger partial charge in [-0.1, -0.05) is 37.2 Å². The smallest absolute Gasteiger partial charge is 0.305 e. The van der Waals surface area contributed by atoms with E-state index in [4.69, 9.17) is 0 Å². The Labute approximate surface area is 167 Å². The second-order valence-electron chi connectivity index (χ2n) is 8.54. The van der Waals surface area contributed by atoms with E-state index in [0.29, 0.717) is 25.7 Å². The van der Waals surface area contributed by atoms with E-state index in [2.05, 4.69) is 16.6 Å². The van der Waals surface area contributed by atoms with Crippen LogP contribution in [0.4, 0.5) is 0 Å². The highest BCUT2D eigenvalue weighted by Gasteiger charge is 2.45. The lowest BCUT2D eigenvalue weighted by molar-refractivity contribution is -0.140. The zero-order chi connectivity index (χ0) is 20.1. The van der Waals surface area contributed by atoms with Crippen LogP contribution in [-0.2, 0) is 14.3 Å². The maximum Gasteiger partial charge on any atom is 0.305 e. The first-order valence-corrected chi connectivity index (χ1v) is 10.7. The molecular weight excluding hydrogens is 356 g/mol. The Bertz CT molecular complexity index is 664. The largest absolute Gasteiger partial charge is 0.469 e. The minimum Gasteiger partial charge on any atom is -0.469 e. The summed E-state index contributed by atoms with van der Waals surface area (Å²) in [5.41, 5.74) is 0.811. The van der Waals surface area contributed by atoms with Crippen molar-refractivity contribution in [3.05, 3.63) is 11.6 Å². The van der Waals surface area contributed by atoms with Gasteiger partial charge in [0.05, 0.1) is 19.1 Å². The van der Waals surface area contributed by atoms with Gasteiger partial charge in [-0.2, -0.15) is 0 Å². The van der Waals surface area contributed by atoms with Gasteiger partial charge in [0.2, 0.25) is 0 Å². The van der Waals surface area contributed by atoms with Crippen molar-refractivity contribution in [3.63, 3.8) is 0 Å². The number of rotatable bonds is 6. The third kappa shape index (κ3) is 5.04. The van der Waals surface area contributed by atoms with Crippen LogP contribution in [0, 0.1) is 35.5 Å².